The van der Waals surface area contributed by atoms with Crippen molar-refractivity contribution in [1.82, 2.24) is 4.90 Å². The summed E-state index contributed by atoms with van der Waals surface area (Å²) in [7, 11) is 0. The second-order valence-electron chi connectivity index (χ2n) is 5.93. The van der Waals surface area contributed by atoms with Crippen molar-refractivity contribution < 1.29 is 27.5 Å². The molecular weight excluding hydrogens is 337 g/mol. The van der Waals surface area contributed by atoms with Crippen LogP contribution in [-0.4, -0.2) is 49.2 Å². The van der Waals surface area contributed by atoms with Crippen LogP contribution >= 0.6 is 0 Å². The monoisotopic (exact) mass is 358 g/mol. The highest BCUT2D eigenvalue weighted by Crippen LogP contribution is 2.20. The lowest BCUT2D eigenvalue weighted by Gasteiger charge is -2.31. The average Bonchev–Trinajstić information content (AvgIpc) is 2.59. The van der Waals surface area contributed by atoms with Crippen LogP contribution in [0.1, 0.15) is 19.3 Å². The summed E-state index contributed by atoms with van der Waals surface area (Å²) in [4.78, 5) is 25.7. The van der Waals surface area contributed by atoms with Crippen molar-refractivity contribution >= 4 is 17.5 Å². The zero-order valence-electron chi connectivity index (χ0n) is 13.7. The van der Waals surface area contributed by atoms with Crippen molar-refractivity contribution in [1.29, 1.82) is 0 Å². The minimum Gasteiger partial charge on any atom is -0.372 e. The first-order valence-electron chi connectivity index (χ1n) is 8.13. The van der Waals surface area contributed by atoms with Crippen LogP contribution in [0, 0.1) is 5.92 Å². The highest BCUT2D eigenvalue weighted by atomic mass is 19.4. The molecule has 0 aromatic heterocycles. The quantitative estimate of drug-likeness (QED) is 0.796. The number of para-hydroxylation sites is 1. The number of anilines is 1. The Labute approximate surface area is 144 Å². The Morgan fingerprint density at radius 1 is 1.16 bits per heavy atom. The number of benzene rings is 1. The van der Waals surface area contributed by atoms with Crippen LogP contribution in [0.15, 0.2) is 30.3 Å². The van der Waals surface area contributed by atoms with E-state index in [9.17, 15) is 22.8 Å². The Morgan fingerprint density at radius 3 is 2.40 bits per heavy atom. The normalized spacial score (nSPS) is 15.9. The molecule has 0 saturated carbocycles. The van der Waals surface area contributed by atoms with Crippen LogP contribution in [-0.2, 0) is 14.3 Å². The summed E-state index contributed by atoms with van der Waals surface area (Å²) in [5, 5.41) is 2.84. The van der Waals surface area contributed by atoms with Crippen molar-refractivity contribution in [2.75, 3.05) is 31.6 Å². The summed E-state index contributed by atoms with van der Waals surface area (Å²) in [6, 6.07) is 9.13. The summed E-state index contributed by atoms with van der Waals surface area (Å²) in [6.45, 7) is -0.759. The zero-order chi connectivity index (χ0) is 18.3. The van der Waals surface area contributed by atoms with Crippen LogP contribution < -0.4 is 5.32 Å². The Kier molecular flexibility index (Phi) is 6.81. The molecule has 2 rings (SSSR count). The van der Waals surface area contributed by atoms with Gasteiger partial charge < -0.3 is 15.0 Å². The van der Waals surface area contributed by atoms with Gasteiger partial charge in [-0.1, -0.05) is 18.2 Å². The molecule has 2 amide bonds. The third-order valence-electron chi connectivity index (χ3n) is 3.99. The van der Waals surface area contributed by atoms with E-state index in [4.69, 9.17) is 0 Å². The van der Waals surface area contributed by atoms with E-state index in [2.05, 4.69) is 10.1 Å². The van der Waals surface area contributed by atoms with Gasteiger partial charge in [0.2, 0.25) is 11.8 Å². The lowest BCUT2D eigenvalue weighted by atomic mass is 9.95. The van der Waals surface area contributed by atoms with Gasteiger partial charge in [0.05, 0.1) is 13.0 Å². The van der Waals surface area contributed by atoms with Gasteiger partial charge in [-0.15, -0.1) is 0 Å². The molecule has 1 fully saturated rings. The summed E-state index contributed by atoms with van der Waals surface area (Å²) >= 11 is 0. The first-order valence-corrected chi connectivity index (χ1v) is 8.13. The van der Waals surface area contributed by atoms with Crippen molar-refractivity contribution in [2.24, 2.45) is 5.92 Å². The molecule has 0 atom stereocenters. The van der Waals surface area contributed by atoms with Crippen molar-refractivity contribution in [3.05, 3.63) is 30.3 Å². The molecule has 1 aliphatic heterocycles. The molecule has 1 aromatic rings. The van der Waals surface area contributed by atoms with Crippen LogP contribution in [0.5, 0.6) is 0 Å². The van der Waals surface area contributed by atoms with E-state index in [-0.39, 0.29) is 30.8 Å². The number of piperidine rings is 1. The number of likely N-dealkylation sites (tertiary alicyclic amines) is 1. The number of nitrogens with one attached hydrogen (secondary N) is 1. The lowest BCUT2D eigenvalue weighted by Crippen LogP contribution is -2.41. The smallest absolute Gasteiger partial charge is 0.372 e. The second-order valence-corrected chi connectivity index (χ2v) is 5.93. The number of hydrogen-bond donors (Lipinski definition) is 1. The second kappa shape index (κ2) is 8.84. The van der Waals surface area contributed by atoms with E-state index < -0.39 is 12.8 Å². The van der Waals surface area contributed by atoms with E-state index in [1.54, 1.807) is 17.0 Å². The van der Waals surface area contributed by atoms with Gasteiger partial charge in [-0.05, 0) is 25.0 Å². The van der Waals surface area contributed by atoms with E-state index >= 15 is 0 Å². The molecule has 0 bridgehead atoms. The fourth-order valence-electron chi connectivity index (χ4n) is 2.66. The zero-order valence-corrected chi connectivity index (χ0v) is 13.7. The Morgan fingerprint density at radius 2 is 1.80 bits per heavy atom. The molecule has 0 unspecified atom stereocenters. The number of carbonyl (C=O) groups excluding carboxylic acids is 2. The number of alkyl halides is 3. The molecular formula is C17H21F3N2O3. The van der Waals surface area contributed by atoms with Crippen molar-refractivity contribution in [3.63, 3.8) is 0 Å². The molecule has 1 aromatic carbocycles. The predicted octanol–water partition coefficient (Wildman–Crippen LogP) is 2.83. The fraction of sp³-hybridized carbons (Fsp3) is 0.529. The number of amides is 2. The number of ether oxygens (including phenoxy) is 1. The topological polar surface area (TPSA) is 58.6 Å². The molecule has 1 saturated heterocycles. The molecule has 0 aliphatic carbocycles. The van der Waals surface area contributed by atoms with Gasteiger partial charge in [-0.2, -0.15) is 13.2 Å². The largest absolute Gasteiger partial charge is 0.411 e. The van der Waals surface area contributed by atoms with E-state index in [0.29, 0.717) is 25.9 Å². The third kappa shape index (κ3) is 6.74. The van der Waals surface area contributed by atoms with Gasteiger partial charge in [0.1, 0.15) is 6.61 Å². The molecule has 1 N–H and O–H groups in total. The molecule has 1 aliphatic rings. The predicted molar refractivity (Wildman–Crippen MR) is 85.9 cm³/mol. The number of hydrogen-bond acceptors (Lipinski definition) is 3. The Hall–Kier alpha value is -2.09. The number of nitrogens with zero attached hydrogens (tertiary/aromatic N) is 1. The highest BCUT2D eigenvalue weighted by molar-refractivity contribution is 5.92. The number of rotatable bonds is 6. The highest BCUT2D eigenvalue weighted by Gasteiger charge is 2.29. The van der Waals surface area contributed by atoms with Gasteiger partial charge >= 0.3 is 6.18 Å². The average molecular weight is 358 g/mol. The Balaban J connectivity index is 1.68. The van der Waals surface area contributed by atoms with Gasteiger partial charge in [-0.25, -0.2) is 0 Å². The van der Waals surface area contributed by atoms with Gasteiger partial charge in [-0.3, -0.25) is 9.59 Å². The molecule has 138 valence electrons. The first-order chi connectivity index (χ1) is 11.8. The van der Waals surface area contributed by atoms with Crippen LogP contribution in [0.25, 0.3) is 0 Å². The Bertz CT molecular complexity index is 570. The number of carbonyl (C=O) groups is 2. The summed E-state index contributed by atoms with van der Waals surface area (Å²) in [6.07, 6.45) is -3.40. The van der Waals surface area contributed by atoms with Crippen LogP contribution in [0.4, 0.5) is 18.9 Å². The third-order valence-corrected chi connectivity index (χ3v) is 3.99. The maximum atomic E-state index is 12.2. The van der Waals surface area contributed by atoms with Crippen molar-refractivity contribution in [3.8, 4) is 0 Å². The molecule has 25 heavy (non-hydrogen) atoms. The van der Waals surface area contributed by atoms with E-state index in [0.717, 1.165) is 5.69 Å². The maximum Gasteiger partial charge on any atom is 0.411 e. The molecule has 0 radical (unpaired) electrons. The van der Waals surface area contributed by atoms with E-state index in [1.165, 1.54) is 0 Å². The summed E-state index contributed by atoms with van der Waals surface area (Å²) in [5.74, 6) is -0.498. The van der Waals surface area contributed by atoms with Gasteiger partial charge in [0, 0.05) is 24.7 Å². The van der Waals surface area contributed by atoms with Gasteiger partial charge in [0.25, 0.3) is 0 Å². The molecule has 8 heteroatoms. The minimum atomic E-state index is -4.38. The lowest BCUT2D eigenvalue weighted by molar-refractivity contribution is -0.175. The summed E-state index contributed by atoms with van der Waals surface area (Å²) < 4.78 is 40.3. The van der Waals surface area contributed by atoms with Crippen LogP contribution in [0.2, 0.25) is 0 Å². The van der Waals surface area contributed by atoms with Gasteiger partial charge in [0.15, 0.2) is 0 Å². The SMILES string of the molecule is O=C(Nc1ccccc1)C1CCN(C(=O)CCOCC(F)(F)F)CC1. The molecule has 1 heterocycles. The maximum absolute atomic E-state index is 12.2. The van der Waals surface area contributed by atoms with E-state index in [1.807, 2.05) is 18.2 Å². The first kappa shape index (κ1) is 19.2. The molecule has 5 nitrogen and oxygen atoms in total. The summed E-state index contributed by atoms with van der Waals surface area (Å²) in [5.41, 5.74) is 0.729. The standard InChI is InChI=1S/C17H21F3N2O3/c18-17(19,20)12-25-11-8-15(23)22-9-6-13(7-10-22)16(24)21-14-4-2-1-3-5-14/h1-5,13H,6-12H2,(H,21,24). The minimum absolute atomic E-state index is 0.0770. The van der Waals surface area contributed by atoms with Crippen LogP contribution in [0.3, 0.4) is 0 Å². The molecule has 0 spiro atoms. The van der Waals surface area contributed by atoms with Crippen molar-refractivity contribution in [2.45, 2.75) is 25.4 Å². The fourth-order valence-corrected chi connectivity index (χ4v) is 2.66. The number of halogens is 3.